The molecule has 0 aliphatic carbocycles. The van der Waals surface area contributed by atoms with Crippen molar-refractivity contribution in [1.29, 1.82) is 0 Å². The third kappa shape index (κ3) is 2.46. The van der Waals surface area contributed by atoms with Crippen LogP contribution in [-0.4, -0.2) is 18.2 Å². The van der Waals surface area contributed by atoms with Crippen LogP contribution in [-0.2, 0) is 4.74 Å². The molecule has 0 saturated carbocycles. The summed E-state index contributed by atoms with van der Waals surface area (Å²) in [5.74, 6) is 0.631. The average molecular weight is 157 g/mol. The highest BCUT2D eigenvalue weighted by molar-refractivity contribution is 4.85. The Bertz CT molecular complexity index is 128. The summed E-state index contributed by atoms with van der Waals surface area (Å²) in [5.41, 5.74) is 5.99. The van der Waals surface area contributed by atoms with E-state index < -0.39 is 0 Å². The smallest absolute Gasteiger partial charge is 0.0550 e. The number of rotatable bonds is 1. The van der Waals surface area contributed by atoms with Gasteiger partial charge in [0.1, 0.15) is 0 Å². The molecule has 2 N–H and O–H groups in total. The predicted octanol–water partition coefficient (Wildman–Crippen LogP) is 1.54. The Labute approximate surface area is 69.1 Å². The van der Waals surface area contributed by atoms with Crippen molar-refractivity contribution in [2.24, 2.45) is 11.7 Å². The maximum atomic E-state index is 6.02. The molecular formula is C9H19NO. The minimum absolute atomic E-state index is 0.0297. The second kappa shape index (κ2) is 3.11. The molecule has 1 fully saturated rings. The maximum absolute atomic E-state index is 6.02. The molecule has 0 aromatic carbocycles. The van der Waals surface area contributed by atoms with Gasteiger partial charge in [0, 0.05) is 12.1 Å². The molecule has 11 heavy (non-hydrogen) atoms. The summed E-state index contributed by atoms with van der Waals surface area (Å²) >= 11 is 0. The lowest BCUT2D eigenvalue weighted by Crippen LogP contribution is -2.44. The van der Waals surface area contributed by atoms with Gasteiger partial charge in [0.25, 0.3) is 0 Å². The van der Waals surface area contributed by atoms with E-state index >= 15 is 0 Å². The van der Waals surface area contributed by atoms with E-state index in [1.165, 1.54) is 0 Å². The Morgan fingerprint density at radius 1 is 1.45 bits per heavy atom. The Morgan fingerprint density at radius 2 is 2.09 bits per heavy atom. The van der Waals surface area contributed by atoms with Gasteiger partial charge in [-0.05, 0) is 39.5 Å². The van der Waals surface area contributed by atoms with E-state index in [4.69, 9.17) is 10.5 Å². The zero-order valence-corrected chi connectivity index (χ0v) is 7.76. The summed E-state index contributed by atoms with van der Waals surface area (Å²) in [6, 6.07) is 0. The first-order valence-electron chi connectivity index (χ1n) is 4.40. The number of hydrogen-bond acceptors (Lipinski definition) is 2. The first-order valence-corrected chi connectivity index (χ1v) is 4.40. The van der Waals surface area contributed by atoms with Crippen molar-refractivity contribution in [3.05, 3.63) is 0 Å². The molecule has 0 amide bonds. The fraction of sp³-hybridized carbons (Fsp3) is 1.00. The van der Waals surface area contributed by atoms with Crippen molar-refractivity contribution >= 4 is 0 Å². The average Bonchev–Trinajstić information content (AvgIpc) is 1.86. The maximum Gasteiger partial charge on any atom is 0.0550 e. The Kier molecular flexibility index (Phi) is 2.55. The summed E-state index contributed by atoms with van der Waals surface area (Å²) in [5, 5.41) is 0. The minimum atomic E-state index is -0.0297. The van der Waals surface area contributed by atoms with Crippen LogP contribution in [0.5, 0.6) is 0 Å². The normalized spacial score (nSPS) is 33.8. The van der Waals surface area contributed by atoms with Gasteiger partial charge in [-0.2, -0.15) is 0 Å². The van der Waals surface area contributed by atoms with Crippen LogP contribution in [0.15, 0.2) is 0 Å². The van der Waals surface area contributed by atoms with Crippen molar-refractivity contribution < 1.29 is 4.74 Å². The van der Waals surface area contributed by atoms with Gasteiger partial charge in [-0.3, -0.25) is 0 Å². The summed E-state index contributed by atoms with van der Waals surface area (Å²) in [7, 11) is 0. The molecule has 1 heterocycles. The molecule has 1 saturated heterocycles. The Morgan fingerprint density at radius 3 is 2.45 bits per heavy atom. The van der Waals surface area contributed by atoms with Crippen LogP contribution in [0.2, 0.25) is 0 Å². The van der Waals surface area contributed by atoms with Gasteiger partial charge in [0.2, 0.25) is 0 Å². The monoisotopic (exact) mass is 157 g/mol. The van der Waals surface area contributed by atoms with Gasteiger partial charge in [0.05, 0.1) is 6.10 Å². The topological polar surface area (TPSA) is 35.2 Å². The molecule has 0 radical (unpaired) electrons. The zero-order valence-electron chi connectivity index (χ0n) is 7.76. The largest absolute Gasteiger partial charge is 0.378 e. The van der Waals surface area contributed by atoms with E-state index in [-0.39, 0.29) is 5.54 Å². The van der Waals surface area contributed by atoms with E-state index in [1.807, 2.05) is 0 Å². The fourth-order valence-electron chi connectivity index (χ4n) is 1.67. The molecule has 0 aromatic rings. The van der Waals surface area contributed by atoms with Crippen LogP contribution in [0.4, 0.5) is 0 Å². The molecule has 2 nitrogen and oxygen atoms in total. The molecule has 0 bridgehead atoms. The molecule has 0 spiro atoms. The van der Waals surface area contributed by atoms with Crippen LogP contribution in [0, 0.1) is 5.92 Å². The van der Waals surface area contributed by atoms with E-state index in [9.17, 15) is 0 Å². The fourth-order valence-corrected chi connectivity index (χ4v) is 1.67. The highest BCUT2D eigenvalue weighted by Gasteiger charge is 2.29. The first-order chi connectivity index (χ1) is 5.00. The van der Waals surface area contributed by atoms with Crippen molar-refractivity contribution in [3.8, 4) is 0 Å². The van der Waals surface area contributed by atoms with E-state index in [2.05, 4.69) is 20.8 Å². The lowest BCUT2D eigenvalue weighted by Gasteiger charge is -2.36. The SMILES string of the molecule is CC1CC(C(C)(C)N)CCO1. The van der Waals surface area contributed by atoms with Gasteiger partial charge < -0.3 is 10.5 Å². The van der Waals surface area contributed by atoms with Crippen LogP contribution in [0.1, 0.15) is 33.6 Å². The number of nitrogens with two attached hydrogens (primary N) is 1. The second-order valence-corrected chi connectivity index (χ2v) is 4.22. The van der Waals surface area contributed by atoms with Gasteiger partial charge in [-0.15, -0.1) is 0 Å². The van der Waals surface area contributed by atoms with E-state index in [1.54, 1.807) is 0 Å². The van der Waals surface area contributed by atoms with Crippen LogP contribution >= 0.6 is 0 Å². The molecule has 0 aromatic heterocycles. The lowest BCUT2D eigenvalue weighted by molar-refractivity contribution is -0.0127. The molecule has 66 valence electrons. The molecule has 2 unspecified atom stereocenters. The van der Waals surface area contributed by atoms with Crippen molar-refractivity contribution in [2.45, 2.75) is 45.3 Å². The molecule has 1 aliphatic rings. The van der Waals surface area contributed by atoms with E-state index in [0.717, 1.165) is 19.4 Å². The quantitative estimate of drug-likeness (QED) is 0.626. The molecule has 2 atom stereocenters. The summed E-state index contributed by atoms with van der Waals surface area (Å²) in [6.07, 6.45) is 2.63. The Balaban J connectivity index is 2.46. The molecule has 2 heteroatoms. The molecular weight excluding hydrogens is 138 g/mol. The summed E-state index contributed by atoms with van der Waals surface area (Å²) in [4.78, 5) is 0. The standard InChI is InChI=1S/C9H19NO/c1-7-6-8(4-5-11-7)9(2,3)10/h7-8H,4-6,10H2,1-3H3. The van der Waals surface area contributed by atoms with Crippen molar-refractivity contribution in [1.82, 2.24) is 0 Å². The minimum Gasteiger partial charge on any atom is -0.378 e. The summed E-state index contributed by atoms with van der Waals surface area (Å²) < 4.78 is 5.45. The van der Waals surface area contributed by atoms with E-state index in [0.29, 0.717) is 12.0 Å². The Hall–Kier alpha value is -0.0800. The van der Waals surface area contributed by atoms with Gasteiger partial charge >= 0.3 is 0 Å². The first kappa shape index (κ1) is 9.01. The summed E-state index contributed by atoms with van der Waals surface area (Å²) in [6.45, 7) is 7.22. The van der Waals surface area contributed by atoms with Gasteiger partial charge in [-0.1, -0.05) is 0 Å². The highest BCUT2D eigenvalue weighted by atomic mass is 16.5. The number of hydrogen-bond donors (Lipinski definition) is 1. The van der Waals surface area contributed by atoms with Crippen LogP contribution < -0.4 is 5.73 Å². The van der Waals surface area contributed by atoms with Crippen LogP contribution in [0.3, 0.4) is 0 Å². The molecule has 1 rings (SSSR count). The van der Waals surface area contributed by atoms with Gasteiger partial charge in [-0.25, -0.2) is 0 Å². The predicted molar refractivity (Wildman–Crippen MR) is 46.4 cm³/mol. The number of ether oxygens (including phenoxy) is 1. The van der Waals surface area contributed by atoms with Crippen molar-refractivity contribution in [2.75, 3.05) is 6.61 Å². The third-order valence-electron chi connectivity index (χ3n) is 2.54. The second-order valence-electron chi connectivity index (χ2n) is 4.22. The highest BCUT2D eigenvalue weighted by Crippen LogP contribution is 2.27. The van der Waals surface area contributed by atoms with Gasteiger partial charge in [0.15, 0.2) is 0 Å². The third-order valence-corrected chi connectivity index (χ3v) is 2.54. The molecule has 1 aliphatic heterocycles. The lowest BCUT2D eigenvalue weighted by atomic mass is 9.81. The zero-order chi connectivity index (χ0) is 8.48. The van der Waals surface area contributed by atoms with Crippen molar-refractivity contribution in [3.63, 3.8) is 0 Å². The van der Waals surface area contributed by atoms with Crippen LogP contribution in [0.25, 0.3) is 0 Å².